The number of hydrogen-bond donors (Lipinski definition) is 0. The minimum absolute atomic E-state index is 0.631. The lowest BCUT2D eigenvalue weighted by atomic mass is 9.93. The van der Waals surface area contributed by atoms with E-state index in [1.54, 1.807) is 0 Å². The highest BCUT2D eigenvalue weighted by molar-refractivity contribution is 7.26. The third-order valence-corrected chi connectivity index (χ3v) is 13.6. The van der Waals surface area contributed by atoms with Gasteiger partial charge < -0.3 is 4.90 Å². The molecule has 0 aliphatic rings. The van der Waals surface area contributed by atoms with Gasteiger partial charge in [0.05, 0.1) is 0 Å². The van der Waals surface area contributed by atoms with Gasteiger partial charge in [-0.3, -0.25) is 0 Å². The standard InChI is InChI=1S/C61H40N4S/c1-5-16-41(17-6-1)43-28-30-47(31-29-43)60-62-59(46-20-9-3-10-21-46)63-61(64-60)55-40-54-52-24-13-14-27-56(52)66-58(54)57-51(25-15-26-53(55)57)45-34-38-50(39-35-45)65(48-22-11-4-12-23-48)49-36-32-44(33-37-49)42-18-7-2-8-19-42/h1-40H. The topological polar surface area (TPSA) is 41.9 Å². The number of hydrogen-bond acceptors (Lipinski definition) is 5. The van der Waals surface area contributed by atoms with Crippen molar-refractivity contribution in [3.05, 3.63) is 243 Å². The molecule has 66 heavy (non-hydrogen) atoms. The fourth-order valence-electron chi connectivity index (χ4n) is 9.10. The maximum atomic E-state index is 5.31. The van der Waals surface area contributed by atoms with Crippen molar-refractivity contribution in [1.29, 1.82) is 0 Å². The number of thiophene rings is 1. The molecule has 0 spiro atoms. The number of benzene rings is 10. The lowest BCUT2D eigenvalue weighted by Gasteiger charge is -2.26. The lowest BCUT2D eigenvalue weighted by Crippen LogP contribution is -2.09. The van der Waals surface area contributed by atoms with Crippen LogP contribution in [0.4, 0.5) is 17.1 Å². The van der Waals surface area contributed by atoms with E-state index < -0.39 is 0 Å². The van der Waals surface area contributed by atoms with Crippen molar-refractivity contribution in [3.8, 4) is 67.5 Å². The quantitative estimate of drug-likeness (QED) is 0.145. The third-order valence-electron chi connectivity index (χ3n) is 12.3. The smallest absolute Gasteiger partial charge is 0.164 e. The van der Waals surface area contributed by atoms with E-state index in [1.165, 1.54) is 42.2 Å². The SMILES string of the molecule is c1ccc(-c2ccc(-c3nc(-c4ccccc4)nc(-c4cc5c6ccccc6sc5c5c(-c6ccc(N(c7ccccc7)c7ccc(-c8ccccc8)cc7)cc6)cccc45)n3)cc2)cc1. The third kappa shape index (κ3) is 7.28. The molecule has 310 valence electrons. The Morgan fingerprint density at radius 1 is 0.288 bits per heavy atom. The second kappa shape index (κ2) is 16.9. The van der Waals surface area contributed by atoms with Crippen LogP contribution in [0.5, 0.6) is 0 Å². The second-order valence-corrected chi connectivity index (χ2v) is 17.4. The molecule has 0 atom stereocenters. The van der Waals surface area contributed by atoms with E-state index in [-0.39, 0.29) is 0 Å². The summed E-state index contributed by atoms with van der Waals surface area (Å²) in [5.41, 5.74) is 13.1. The molecular weight excluding hydrogens is 821 g/mol. The Morgan fingerprint density at radius 2 is 0.712 bits per heavy atom. The van der Waals surface area contributed by atoms with Crippen LogP contribution in [0.25, 0.3) is 98.5 Å². The molecule has 12 rings (SSSR count). The van der Waals surface area contributed by atoms with Crippen molar-refractivity contribution in [3.63, 3.8) is 0 Å². The van der Waals surface area contributed by atoms with Crippen LogP contribution in [0, 0.1) is 0 Å². The van der Waals surface area contributed by atoms with Crippen LogP contribution in [0.15, 0.2) is 243 Å². The summed E-state index contributed by atoms with van der Waals surface area (Å²) in [5, 5.41) is 4.69. The summed E-state index contributed by atoms with van der Waals surface area (Å²) in [6.07, 6.45) is 0. The van der Waals surface area contributed by atoms with Crippen molar-refractivity contribution in [2.45, 2.75) is 0 Å². The van der Waals surface area contributed by atoms with E-state index in [2.05, 4.69) is 223 Å². The molecule has 12 aromatic rings. The van der Waals surface area contributed by atoms with Crippen molar-refractivity contribution in [2.75, 3.05) is 4.90 Å². The molecule has 0 aliphatic carbocycles. The van der Waals surface area contributed by atoms with Crippen molar-refractivity contribution in [1.82, 2.24) is 15.0 Å². The van der Waals surface area contributed by atoms with E-state index >= 15 is 0 Å². The predicted octanol–water partition coefficient (Wildman–Crippen LogP) is 16.9. The fourth-order valence-corrected chi connectivity index (χ4v) is 10.4. The molecule has 0 unspecified atom stereocenters. The van der Waals surface area contributed by atoms with Gasteiger partial charge in [-0.2, -0.15) is 0 Å². The molecule has 0 saturated carbocycles. The highest BCUT2D eigenvalue weighted by Gasteiger charge is 2.21. The number of para-hydroxylation sites is 1. The van der Waals surface area contributed by atoms with E-state index in [9.17, 15) is 0 Å². The predicted molar refractivity (Wildman–Crippen MR) is 278 cm³/mol. The van der Waals surface area contributed by atoms with Crippen LogP contribution in [0.1, 0.15) is 0 Å². The average Bonchev–Trinajstić information content (AvgIpc) is 3.78. The number of anilines is 3. The van der Waals surface area contributed by atoms with Gasteiger partial charge in [-0.05, 0) is 87.3 Å². The van der Waals surface area contributed by atoms with Gasteiger partial charge in [0.15, 0.2) is 17.5 Å². The lowest BCUT2D eigenvalue weighted by molar-refractivity contribution is 1.08. The zero-order valence-electron chi connectivity index (χ0n) is 35.8. The Morgan fingerprint density at radius 3 is 1.32 bits per heavy atom. The fraction of sp³-hybridized carbons (Fsp3) is 0. The molecule has 0 N–H and O–H groups in total. The molecule has 0 amide bonds. The van der Waals surface area contributed by atoms with Crippen LogP contribution in [-0.2, 0) is 0 Å². The minimum Gasteiger partial charge on any atom is -0.311 e. The summed E-state index contributed by atoms with van der Waals surface area (Å²) in [5.74, 6) is 1.90. The summed E-state index contributed by atoms with van der Waals surface area (Å²) in [6, 6.07) is 85.8. The summed E-state index contributed by atoms with van der Waals surface area (Å²) in [6.45, 7) is 0. The number of nitrogens with zero attached hydrogens (tertiary/aromatic N) is 4. The van der Waals surface area contributed by atoms with Crippen molar-refractivity contribution in [2.24, 2.45) is 0 Å². The first-order chi connectivity index (χ1) is 32.7. The number of aromatic nitrogens is 3. The summed E-state index contributed by atoms with van der Waals surface area (Å²) in [4.78, 5) is 18.0. The second-order valence-electron chi connectivity index (χ2n) is 16.4. The van der Waals surface area contributed by atoms with Gasteiger partial charge in [0, 0.05) is 59.3 Å². The Kier molecular flexibility index (Phi) is 10.0. The number of fused-ring (bicyclic) bond motifs is 5. The largest absolute Gasteiger partial charge is 0.311 e. The Bertz CT molecular complexity index is 3650. The molecule has 0 saturated heterocycles. The van der Waals surface area contributed by atoms with Crippen LogP contribution >= 0.6 is 11.3 Å². The van der Waals surface area contributed by atoms with Crippen LogP contribution in [-0.4, -0.2) is 15.0 Å². The van der Waals surface area contributed by atoms with Crippen LogP contribution in [0.2, 0.25) is 0 Å². The molecule has 10 aromatic carbocycles. The van der Waals surface area contributed by atoms with E-state index in [0.29, 0.717) is 17.5 Å². The zero-order chi connectivity index (χ0) is 43.8. The first kappa shape index (κ1) is 39.1. The monoisotopic (exact) mass is 860 g/mol. The van der Waals surface area contributed by atoms with Gasteiger partial charge in [0.1, 0.15) is 0 Å². The van der Waals surface area contributed by atoms with Gasteiger partial charge in [-0.1, -0.05) is 194 Å². The first-order valence-corrected chi connectivity index (χ1v) is 23.0. The Balaban J connectivity index is 1.01. The zero-order valence-corrected chi connectivity index (χ0v) is 36.6. The maximum Gasteiger partial charge on any atom is 0.164 e. The molecular formula is C61H40N4S. The highest BCUT2D eigenvalue weighted by atomic mass is 32.1. The normalized spacial score (nSPS) is 11.3. The van der Waals surface area contributed by atoms with Crippen molar-refractivity contribution >= 4 is 59.3 Å². The van der Waals surface area contributed by atoms with Gasteiger partial charge in [0.25, 0.3) is 0 Å². The first-order valence-electron chi connectivity index (χ1n) is 22.2. The van der Waals surface area contributed by atoms with Gasteiger partial charge >= 0.3 is 0 Å². The molecule has 0 fully saturated rings. The summed E-state index contributed by atoms with van der Waals surface area (Å²) in [7, 11) is 0. The molecule has 2 aromatic heterocycles. The van der Waals surface area contributed by atoms with Gasteiger partial charge in [-0.25, -0.2) is 15.0 Å². The number of rotatable bonds is 9. The highest BCUT2D eigenvalue weighted by Crippen LogP contribution is 2.46. The van der Waals surface area contributed by atoms with E-state index in [4.69, 9.17) is 15.0 Å². The molecule has 5 heteroatoms. The van der Waals surface area contributed by atoms with Gasteiger partial charge in [-0.15, -0.1) is 11.3 Å². The molecule has 0 aliphatic heterocycles. The van der Waals surface area contributed by atoms with Gasteiger partial charge in [0.2, 0.25) is 0 Å². The summed E-state index contributed by atoms with van der Waals surface area (Å²) >= 11 is 1.84. The van der Waals surface area contributed by atoms with Crippen LogP contribution in [0.3, 0.4) is 0 Å². The molecule has 4 nitrogen and oxygen atoms in total. The summed E-state index contributed by atoms with van der Waals surface area (Å²) < 4.78 is 2.49. The molecule has 0 radical (unpaired) electrons. The Labute approximate surface area is 387 Å². The molecule has 0 bridgehead atoms. The van der Waals surface area contributed by atoms with Crippen LogP contribution < -0.4 is 4.90 Å². The minimum atomic E-state index is 0.631. The van der Waals surface area contributed by atoms with E-state index in [1.807, 2.05) is 35.6 Å². The van der Waals surface area contributed by atoms with E-state index in [0.717, 1.165) is 55.8 Å². The maximum absolute atomic E-state index is 5.31. The average molecular weight is 861 g/mol. The van der Waals surface area contributed by atoms with Crippen molar-refractivity contribution < 1.29 is 0 Å². The Hall–Kier alpha value is -8.51. The molecule has 2 heterocycles.